The molecule has 1 aliphatic carbocycles. The van der Waals surface area contributed by atoms with Crippen LogP contribution in [-0.4, -0.2) is 0 Å². The molecule has 0 unspecified atom stereocenters. The molecule has 0 atom stereocenters. The third kappa shape index (κ3) is 5.02. The molecule has 0 fully saturated rings. The molecule has 0 radical (unpaired) electrons. The highest BCUT2D eigenvalue weighted by Crippen LogP contribution is 2.54. The number of hydrogen-bond donors (Lipinski definition) is 0. The lowest BCUT2D eigenvalue weighted by molar-refractivity contribution is 0.660. The number of para-hydroxylation sites is 1. The molecule has 9 aromatic carbocycles. The van der Waals surface area contributed by atoms with Gasteiger partial charge in [0.1, 0.15) is 11.2 Å². The number of furan rings is 1. The lowest BCUT2D eigenvalue weighted by Gasteiger charge is -2.29. The summed E-state index contributed by atoms with van der Waals surface area (Å²) in [5.41, 5.74) is 15.3. The molecule has 0 saturated carbocycles. The number of nitrogens with zero attached hydrogens (tertiary/aromatic N) is 1. The second-order valence-corrected chi connectivity index (χ2v) is 15.4. The topological polar surface area (TPSA) is 16.4 Å². The summed E-state index contributed by atoms with van der Waals surface area (Å²) in [6, 6.07) is 68.6. The van der Waals surface area contributed by atoms with E-state index in [1.165, 1.54) is 71.7 Å². The van der Waals surface area contributed by atoms with Gasteiger partial charge >= 0.3 is 0 Å². The first kappa shape index (κ1) is 31.6. The lowest BCUT2D eigenvalue weighted by Crippen LogP contribution is -2.16. The van der Waals surface area contributed by atoms with Crippen molar-refractivity contribution in [3.05, 3.63) is 199 Å². The average Bonchev–Trinajstić information content (AvgIpc) is 3.71. The third-order valence-electron chi connectivity index (χ3n) is 11.8. The minimum absolute atomic E-state index is 0.0958. The molecular weight excluding hydrogens is 667 g/mol. The van der Waals surface area contributed by atoms with Crippen molar-refractivity contribution in [2.24, 2.45) is 0 Å². The van der Waals surface area contributed by atoms with Crippen molar-refractivity contribution in [2.75, 3.05) is 4.90 Å². The maximum Gasteiger partial charge on any atom is 0.136 e. The summed E-state index contributed by atoms with van der Waals surface area (Å²) in [6.07, 6.45) is 0. The number of rotatable bonds is 5. The summed E-state index contributed by atoms with van der Waals surface area (Å²) >= 11 is 0. The van der Waals surface area contributed by atoms with Gasteiger partial charge in [-0.15, -0.1) is 0 Å². The van der Waals surface area contributed by atoms with E-state index in [0.717, 1.165) is 33.3 Å². The summed E-state index contributed by atoms with van der Waals surface area (Å²) in [7, 11) is 0. The van der Waals surface area contributed by atoms with Gasteiger partial charge in [0.2, 0.25) is 0 Å². The Morgan fingerprint density at radius 3 is 1.75 bits per heavy atom. The monoisotopic (exact) mass is 703 g/mol. The Labute approximate surface area is 320 Å². The first-order valence-electron chi connectivity index (χ1n) is 19.1. The Morgan fingerprint density at radius 1 is 0.400 bits per heavy atom. The van der Waals surface area contributed by atoms with Crippen molar-refractivity contribution in [3.63, 3.8) is 0 Å². The van der Waals surface area contributed by atoms with Crippen molar-refractivity contribution in [1.82, 2.24) is 0 Å². The van der Waals surface area contributed by atoms with E-state index in [1.807, 2.05) is 12.1 Å². The van der Waals surface area contributed by atoms with Gasteiger partial charge in [0.25, 0.3) is 0 Å². The molecule has 0 saturated heterocycles. The van der Waals surface area contributed by atoms with Crippen molar-refractivity contribution < 1.29 is 4.42 Å². The molecule has 0 aliphatic heterocycles. The normalized spacial score (nSPS) is 13.1. The SMILES string of the molecule is CC1(C)c2ccccc2-c2c(N(c3ccc(-c4ccc5ccccc5c4)cc3)c3ccc(-c4ccc5cc6c(cc5c4)oc4ccccc46)cc3)cccc21. The van der Waals surface area contributed by atoms with E-state index >= 15 is 0 Å². The number of hydrogen-bond acceptors (Lipinski definition) is 2. The van der Waals surface area contributed by atoms with Crippen LogP contribution in [0, 0.1) is 0 Å². The fourth-order valence-electron chi connectivity index (χ4n) is 8.97. The van der Waals surface area contributed by atoms with Gasteiger partial charge in [-0.3, -0.25) is 0 Å². The van der Waals surface area contributed by atoms with E-state index in [4.69, 9.17) is 4.42 Å². The molecule has 1 aliphatic rings. The highest BCUT2D eigenvalue weighted by molar-refractivity contribution is 6.10. The van der Waals surface area contributed by atoms with Crippen molar-refractivity contribution in [2.45, 2.75) is 19.3 Å². The van der Waals surface area contributed by atoms with Crippen LogP contribution in [0.2, 0.25) is 0 Å². The summed E-state index contributed by atoms with van der Waals surface area (Å²) in [4.78, 5) is 2.43. The van der Waals surface area contributed by atoms with Crippen LogP contribution >= 0.6 is 0 Å². The van der Waals surface area contributed by atoms with Crippen LogP contribution in [0.15, 0.2) is 192 Å². The third-order valence-corrected chi connectivity index (χ3v) is 11.8. The molecule has 0 bridgehead atoms. The lowest BCUT2D eigenvalue weighted by atomic mass is 9.82. The predicted molar refractivity (Wildman–Crippen MR) is 232 cm³/mol. The number of anilines is 3. The van der Waals surface area contributed by atoms with E-state index in [2.05, 4.69) is 195 Å². The Bertz CT molecular complexity index is 3110. The second-order valence-electron chi connectivity index (χ2n) is 15.4. The smallest absolute Gasteiger partial charge is 0.136 e. The molecule has 0 spiro atoms. The van der Waals surface area contributed by atoms with Crippen LogP contribution in [0.5, 0.6) is 0 Å². The van der Waals surface area contributed by atoms with E-state index in [0.29, 0.717) is 0 Å². The summed E-state index contributed by atoms with van der Waals surface area (Å²) in [6.45, 7) is 4.70. The predicted octanol–water partition coefficient (Wildman–Crippen LogP) is 15.0. The van der Waals surface area contributed by atoms with Gasteiger partial charge in [0.05, 0.1) is 5.69 Å². The Balaban J connectivity index is 1.02. The molecule has 2 nitrogen and oxygen atoms in total. The van der Waals surface area contributed by atoms with Gasteiger partial charge in [-0.25, -0.2) is 0 Å². The Morgan fingerprint density at radius 2 is 0.982 bits per heavy atom. The summed E-state index contributed by atoms with van der Waals surface area (Å²) < 4.78 is 6.24. The second kappa shape index (κ2) is 12.1. The highest BCUT2D eigenvalue weighted by Gasteiger charge is 2.37. The fraction of sp³-hybridized carbons (Fsp3) is 0.0566. The van der Waals surface area contributed by atoms with Crippen LogP contribution in [0.3, 0.4) is 0 Å². The molecule has 0 amide bonds. The molecule has 2 heteroatoms. The standard InChI is InChI=1S/C53H37NO/c1-53(2)47-14-7-5-13-45(47)52-48(53)15-9-16-49(52)54(42-26-22-35(23-27-42)38-19-18-34-10-3-4-11-37(34)30-38)43-28-24-36(25-29-43)39-20-21-40-32-46-44-12-6-8-17-50(44)55-51(46)33-41(40)31-39/h3-33H,1-2H3. The van der Waals surface area contributed by atoms with Gasteiger partial charge in [0.15, 0.2) is 0 Å². The largest absolute Gasteiger partial charge is 0.456 e. The molecule has 55 heavy (non-hydrogen) atoms. The van der Waals surface area contributed by atoms with Crippen LogP contribution in [0.4, 0.5) is 17.1 Å². The molecule has 1 aromatic heterocycles. The summed E-state index contributed by atoms with van der Waals surface area (Å²) in [5.74, 6) is 0. The van der Waals surface area contributed by atoms with E-state index < -0.39 is 0 Å². The maximum atomic E-state index is 6.24. The zero-order valence-corrected chi connectivity index (χ0v) is 30.8. The zero-order valence-electron chi connectivity index (χ0n) is 30.8. The van der Waals surface area contributed by atoms with Crippen LogP contribution in [0.25, 0.3) is 76.9 Å². The summed E-state index contributed by atoms with van der Waals surface area (Å²) in [5, 5.41) is 7.19. The first-order valence-corrected chi connectivity index (χ1v) is 19.1. The van der Waals surface area contributed by atoms with Gasteiger partial charge < -0.3 is 9.32 Å². The first-order chi connectivity index (χ1) is 27.0. The van der Waals surface area contributed by atoms with Gasteiger partial charge in [0, 0.05) is 33.1 Å². The van der Waals surface area contributed by atoms with Crippen LogP contribution in [-0.2, 0) is 5.41 Å². The minimum atomic E-state index is -0.0958. The van der Waals surface area contributed by atoms with Gasteiger partial charge in [-0.2, -0.15) is 0 Å². The molecule has 1 heterocycles. The average molecular weight is 704 g/mol. The van der Waals surface area contributed by atoms with E-state index in [1.54, 1.807) is 0 Å². The van der Waals surface area contributed by atoms with Crippen LogP contribution < -0.4 is 4.90 Å². The highest BCUT2D eigenvalue weighted by atomic mass is 16.3. The number of fused-ring (bicyclic) bond motifs is 8. The van der Waals surface area contributed by atoms with Crippen molar-refractivity contribution in [3.8, 4) is 33.4 Å². The molecular formula is C53H37NO. The van der Waals surface area contributed by atoms with E-state index in [-0.39, 0.29) is 5.41 Å². The van der Waals surface area contributed by atoms with E-state index in [9.17, 15) is 0 Å². The molecule has 11 rings (SSSR count). The minimum Gasteiger partial charge on any atom is -0.456 e. The molecule has 10 aromatic rings. The van der Waals surface area contributed by atoms with Crippen LogP contribution in [0.1, 0.15) is 25.0 Å². The van der Waals surface area contributed by atoms with Crippen molar-refractivity contribution >= 4 is 60.5 Å². The fourth-order valence-corrected chi connectivity index (χ4v) is 8.97. The zero-order chi connectivity index (χ0) is 36.7. The number of benzene rings is 9. The van der Waals surface area contributed by atoms with Gasteiger partial charge in [-0.1, -0.05) is 141 Å². The Hall–Kier alpha value is -6.90. The van der Waals surface area contributed by atoms with Crippen molar-refractivity contribution in [1.29, 1.82) is 0 Å². The molecule has 260 valence electrons. The maximum absolute atomic E-state index is 6.24. The quantitative estimate of drug-likeness (QED) is 0.177. The Kier molecular flexibility index (Phi) is 6.93. The molecule has 0 N–H and O–H groups in total. The van der Waals surface area contributed by atoms with Gasteiger partial charge in [-0.05, 0) is 121 Å².